The number of carboxylic acids is 1. The van der Waals surface area contributed by atoms with Gasteiger partial charge in [0.25, 0.3) is 0 Å². The lowest BCUT2D eigenvalue weighted by Crippen LogP contribution is -2.44. The summed E-state index contributed by atoms with van der Waals surface area (Å²) >= 11 is 6.51. The molecule has 0 radical (unpaired) electrons. The smallest absolute Gasteiger partial charge is 0.424 e. The van der Waals surface area contributed by atoms with Crippen LogP contribution >= 0.6 is 31.9 Å². The van der Waals surface area contributed by atoms with E-state index in [1.54, 1.807) is 47.6 Å². The quantitative estimate of drug-likeness (QED) is 0.525. The van der Waals surface area contributed by atoms with Crippen molar-refractivity contribution in [2.45, 2.75) is 58.1 Å². The molecule has 9 heteroatoms. The van der Waals surface area contributed by atoms with Crippen molar-refractivity contribution in [3.05, 3.63) is 27.7 Å². The molecule has 0 aliphatic rings. The average Bonchev–Trinajstić information content (AvgIpc) is 2.44. The maximum atomic E-state index is 12.8. The molecule has 27 heavy (non-hydrogen) atoms. The molecule has 0 saturated carbocycles. The van der Waals surface area contributed by atoms with E-state index >= 15 is 0 Å². The van der Waals surface area contributed by atoms with Crippen molar-refractivity contribution >= 4 is 55.7 Å². The zero-order chi connectivity index (χ0) is 21.2. The summed E-state index contributed by atoms with van der Waals surface area (Å²) in [6, 6.07) is 2.92. The summed E-state index contributed by atoms with van der Waals surface area (Å²) in [5.41, 5.74) is -1.74. The van der Waals surface area contributed by atoms with Crippen molar-refractivity contribution in [2.24, 2.45) is 0 Å². The molecule has 150 valence electrons. The molecule has 2 amide bonds. The third-order valence-corrected chi connectivity index (χ3v) is 3.97. The summed E-state index contributed by atoms with van der Waals surface area (Å²) in [5, 5.41) is 9.82. The summed E-state index contributed by atoms with van der Waals surface area (Å²) in [5.74, 6) is -1.30. The maximum Gasteiger partial charge on any atom is 0.424 e. The predicted molar refractivity (Wildman–Crippen MR) is 109 cm³/mol. The number of ether oxygens (including phenoxy) is 2. The minimum atomic E-state index is -1.30. The highest BCUT2D eigenvalue weighted by atomic mass is 79.9. The lowest BCUT2D eigenvalue weighted by atomic mass is 10.1. The van der Waals surface area contributed by atoms with Crippen LogP contribution in [0.2, 0.25) is 0 Å². The van der Waals surface area contributed by atoms with Crippen molar-refractivity contribution in [3.8, 4) is 0 Å². The maximum absolute atomic E-state index is 12.8. The molecule has 1 aromatic carbocycles. The molecule has 0 atom stereocenters. The number of hydrogen-bond acceptors (Lipinski definition) is 5. The number of aromatic carboxylic acids is 1. The molecular formula is C18H23Br2NO6. The molecule has 0 heterocycles. The van der Waals surface area contributed by atoms with Crippen molar-refractivity contribution < 1.29 is 29.0 Å². The van der Waals surface area contributed by atoms with Gasteiger partial charge in [0.2, 0.25) is 0 Å². The Balaban J connectivity index is 3.67. The van der Waals surface area contributed by atoms with Gasteiger partial charge < -0.3 is 14.6 Å². The molecular weight excluding hydrogens is 486 g/mol. The van der Waals surface area contributed by atoms with Gasteiger partial charge in [-0.3, -0.25) is 0 Å². The number of benzene rings is 1. The lowest BCUT2D eigenvalue weighted by Gasteiger charge is -2.30. The summed E-state index contributed by atoms with van der Waals surface area (Å²) in [6.45, 7) is 9.85. The fraction of sp³-hybridized carbons (Fsp3) is 0.500. The van der Waals surface area contributed by atoms with Gasteiger partial charge in [-0.1, -0.05) is 31.9 Å². The van der Waals surface area contributed by atoms with E-state index in [1.165, 1.54) is 6.07 Å². The molecule has 0 aromatic heterocycles. The van der Waals surface area contributed by atoms with Crippen LogP contribution in [0, 0.1) is 0 Å². The van der Waals surface area contributed by atoms with Gasteiger partial charge in [0.15, 0.2) is 0 Å². The van der Waals surface area contributed by atoms with Crippen molar-refractivity contribution in [3.63, 3.8) is 0 Å². The van der Waals surface area contributed by atoms with E-state index in [9.17, 15) is 19.5 Å². The normalized spacial score (nSPS) is 11.7. The SMILES string of the molecule is CC(C)(C)OC(=O)N(C(=O)OC(C)(C)C)c1c(CBr)cc(Br)cc1C(=O)O. The van der Waals surface area contributed by atoms with E-state index in [0.717, 1.165) is 0 Å². The Morgan fingerprint density at radius 1 is 1.00 bits per heavy atom. The van der Waals surface area contributed by atoms with E-state index in [2.05, 4.69) is 31.9 Å². The Morgan fingerprint density at radius 2 is 1.44 bits per heavy atom. The molecule has 1 aromatic rings. The zero-order valence-electron chi connectivity index (χ0n) is 16.1. The molecule has 0 aliphatic carbocycles. The van der Waals surface area contributed by atoms with Gasteiger partial charge in [-0.25, -0.2) is 14.4 Å². The van der Waals surface area contributed by atoms with E-state index < -0.39 is 29.4 Å². The largest absolute Gasteiger partial charge is 0.478 e. The van der Waals surface area contributed by atoms with Crippen LogP contribution in [0.4, 0.5) is 15.3 Å². The number of anilines is 1. The predicted octanol–water partition coefficient (Wildman–Crippen LogP) is 5.72. The van der Waals surface area contributed by atoms with E-state index in [-0.39, 0.29) is 16.6 Å². The van der Waals surface area contributed by atoms with Crippen LogP contribution in [-0.4, -0.2) is 34.5 Å². The van der Waals surface area contributed by atoms with Crippen LogP contribution in [0.15, 0.2) is 16.6 Å². The first-order valence-corrected chi connectivity index (χ1v) is 9.95. The van der Waals surface area contributed by atoms with Gasteiger partial charge in [0.1, 0.15) is 11.2 Å². The molecule has 1 rings (SSSR count). The number of alkyl halides is 1. The van der Waals surface area contributed by atoms with Crippen molar-refractivity contribution in [1.29, 1.82) is 0 Å². The second-order valence-electron chi connectivity index (χ2n) is 7.70. The Kier molecular flexibility index (Phi) is 7.46. The molecule has 0 spiro atoms. The van der Waals surface area contributed by atoms with Crippen LogP contribution in [0.5, 0.6) is 0 Å². The summed E-state index contributed by atoms with van der Waals surface area (Å²) in [4.78, 5) is 38.0. The van der Waals surface area contributed by atoms with Crippen LogP contribution in [0.1, 0.15) is 57.5 Å². The van der Waals surface area contributed by atoms with Gasteiger partial charge in [0, 0.05) is 9.80 Å². The van der Waals surface area contributed by atoms with Gasteiger partial charge in [0.05, 0.1) is 11.3 Å². The average molecular weight is 509 g/mol. The highest BCUT2D eigenvalue weighted by Crippen LogP contribution is 2.33. The first kappa shape index (κ1) is 23.4. The third kappa shape index (κ3) is 6.80. The summed E-state index contributed by atoms with van der Waals surface area (Å²) < 4.78 is 11.1. The number of amides is 2. The monoisotopic (exact) mass is 507 g/mol. The van der Waals surface area contributed by atoms with Crippen molar-refractivity contribution in [2.75, 3.05) is 4.90 Å². The Labute approximate surface area is 175 Å². The number of imide groups is 1. The molecule has 0 bridgehead atoms. The molecule has 7 nitrogen and oxygen atoms in total. The van der Waals surface area contributed by atoms with Gasteiger partial charge >= 0.3 is 18.2 Å². The highest BCUT2D eigenvalue weighted by molar-refractivity contribution is 9.10. The second-order valence-corrected chi connectivity index (χ2v) is 9.17. The van der Waals surface area contributed by atoms with E-state index in [4.69, 9.17) is 9.47 Å². The molecule has 0 aliphatic heterocycles. The van der Waals surface area contributed by atoms with E-state index in [0.29, 0.717) is 14.9 Å². The van der Waals surface area contributed by atoms with Crippen LogP contribution in [-0.2, 0) is 14.8 Å². The Bertz CT molecular complexity index is 721. The molecule has 0 fully saturated rings. The third-order valence-electron chi connectivity index (χ3n) is 2.90. The van der Waals surface area contributed by atoms with E-state index in [1.807, 2.05) is 0 Å². The molecule has 0 saturated heterocycles. The number of halogens is 2. The van der Waals surface area contributed by atoms with Gasteiger partial charge in [-0.05, 0) is 59.2 Å². The van der Waals surface area contributed by atoms with Crippen LogP contribution < -0.4 is 4.90 Å². The number of carbonyl (C=O) groups excluding carboxylic acids is 2. The van der Waals surface area contributed by atoms with Gasteiger partial charge in [-0.15, -0.1) is 0 Å². The fourth-order valence-electron chi connectivity index (χ4n) is 2.06. The Morgan fingerprint density at radius 3 is 1.78 bits per heavy atom. The first-order valence-electron chi connectivity index (χ1n) is 8.04. The highest BCUT2D eigenvalue weighted by Gasteiger charge is 2.36. The molecule has 1 N–H and O–H groups in total. The lowest BCUT2D eigenvalue weighted by molar-refractivity contribution is 0.0430. The van der Waals surface area contributed by atoms with Crippen LogP contribution in [0.3, 0.4) is 0 Å². The standard InChI is InChI=1S/C18H23Br2NO6/c1-17(2,3)26-15(24)21(16(25)27-18(4,5)6)13-10(9-19)7-11(20)8-12(13)14(22)23/h7-8H,9H2,1-6H3,(H,22,23). The van der Waals surface area contributed by atoms with Crippen LogP contribution in [0.25, 0.3) is 0 Å². The van der Waals surface area contributed by atoms with Crippen molar-refractivity contribution in [1.82, 2.24) is 0 Å². The number of hydrogen-bond donors (Lipinski definition) is 1. The minimum absolute atomic E-state index is 0.105. The fourth-order valence-corrected chi connectivity index (χ4v) is 2.99. The topological polar surface area (TPSA) is 93.1 Å². The number of nitrogens with zero attached hydrogens (tertiary/aromatic N) is 1. The Hall–Kier alpha value is -1.61. The number of carboxylic acid groups (broad SMARTS) is 1. The van der Waals surface area contributed by atoms with Gasteiger partial charge in [-0.2, -0.15) is 4.90 Å². The zero-order valence-corrected chi connectivity index (χ0v) is 19.2. The first-order chi connectivity index (χ1) is 12.2. The number of rotatable bonds is 3. The molecule has 0 unspecified atom stereocenters. The summed E-state index contributed by atoms with van der Waals surface area (Å²) in [6.07, 6.45) is -2.05. The second kappa shape index (κ2) is 8.60. The minimum Gasteiger partial charge on any atom is -0.478 e. The summed E-state index contributed by atoms with van der Waals surface area (Å²) in [7, 11) is 0. The number of carbonyl (C=O) groups is 3.